The number of amides is 1. The summed E-state index contributed by atoms with van der Waals surface area (Å²) in [7, 11) is 0. The average molecular weight is 402 g/mol. The molecule has 0 aromatic heterocycles. The van der Waals surface area contributed by atoms with Gasteiger partial charge in [-0.1, -0.05) is 17.4 Å². The molecule has 144 valence electrons. The molecule has 0 radical (unpaired) electrons. The number of hydrogen-bond acceptors (Lipinski definition) is 4. The van der Waals surface area contributed by atoms with Crippen molar-refractivity contribution >= 4 is 29.5 Å². The van der Waals surface area contributed by atoms with Crippen LogP contribution in [0.15, 0.2) is 65.4 Å². The van der Waals surface area contributed by atoms with Gasteiger partial charge in [0.2, 0.25) is 0 Å². The van der Waals surface area contributed by atoms with Gasteiger partial charge in [0.15, 0.2) is 11.4 Å². The first-order valence-corrected chi connectivity index (χ1v) is 8.71. The van der Waals surface area contributed by atoms with Gasteiger partial charge < -0.3 is 21.6 Å². The number of ketones is 1. The predicted molar refractivity (Wildman–Crippen MR) is 109 cm³/mol. The number of aliphatic imine (C=N–C) groups is 1. The molecule has 0 bridgehead atoms. The predicted octanol–water partition coefficient (Wildman–Crippen LogP) is 1.18. The summed E-state index contributed by atoms with van der Waals surface area (Å²) in [5.41, 5.74) is -0.213. The van der Waals surface area contributed by atoms with Crippen LogP contribution >= 0.6 is 11.6 Å². The van der Waals surface area contributed by atoms with E-state index in [1.54, 1.807) is 62.4 Å². The fraction of sp³-hybridized carbons (Fsp3) is 0.136. The van der Waals surface area contributed by atoms with Gasteiger partial charge in [-0.25, -0.2) is 6.08 Å². The Labute approximate surface area is 187 Å². The summed E-state index contributed by atoms with van der Waals surface area (Å²) in [6.07, 6.45) is 2.44. The molecule has 0 aliphatic heterocycles. The summed E-state index contributed by atoms with van der Waals surface area (Å²) in [6, 6.07) is 13.1. The third-order valence-electron chi connectivity index (χ3n) is 3.68. The van der Waals surface area contributed by atoms with Crippen molar-refractivity contribution < 1.29 is 33.2 Å². The molecule has 0 unspecified atom stereocenters. The van der Waals surface area contributed by atoms with Crippen molar-refractivity contribution in [3.63, 3.8) is 0 Å². The van der Waals surface area contributed by atoms with Crippen molar-refractivity contribution in [3.8, 4) is 5.75 Å². The minimum Gasteiger partial charge on any atom is -0.478 e. The zero-order valence-corrected chi connectivity index (χ0v) is 17.2. The number of rotatable bonds is 8. The maximum absolute atomic E-state index is 12.5. The summed E-state index contributed by atoms with van der Waals surface area (Å²) in [5.74, 6) is -0.310. The average Bonchev–Trinajstić information content (AvgIpc) is 2.66. The van der Waals surface area contributed by atoms with Gasteiger partial charge in [-0.2, -0.15) is 0 Å². The van der Waals surface area contributed by atoms with Crippen LogP contribution in [0.4, 0.5) is 0 Å². The Morgan fingerprint density at radius 1 is 1.07 bits per heavy atom. The first kappa shape index (κ1) is 24.5. The summed E-state index contributed by atoms with van der Waals surface area (Å²) in [6.45, 7) is 13.9. The normalized spacial score (nSPS) is 10.7. The van der Waals surface area contributed by atoms with Gasteiger partial charge in [-0.15, -0.1) is 6.21 Å². The third kappa shape index (κ3) is 7.06. The van der Waals surface area contributed by atoms with Crippen molar-refractivity contribution in [2.75, 3.05) is 0 Å². The van der Waals surface area contributed by atoms with E-state index in [0.717, 1.165) is 0 Å². The molecule has 0 fully saturated rings. The zero-order chi connectivity index (χ0) is 20.7. The van der Waals surface area contributed by atoms with Crippen molar-refractivity contribution in [3.05, 3.63) is 89.7 Å². The molecule has 1 amide bonds. The van der Waals surface area contributed by atoms with Crippen LogP contribution in [0.1, 0.15) is 29.8 Å². The molecular weight excluding hydrogens is 383 g/mol. The Morgan fingerprint density at radius 3 is 2.10 bits per heavy atom. The van der Waals surface area contributed by atoms with Gasteiger partial charge in [0.1, 0.15) is 5.75 Å². The van der Waals surface area contributed by atoms with Gasteiger partial charge in [0, 0.05) is 16.1 Å². The molecule has 0 spiro atoms. The van der Waals surface area contributed by atoms with Crippen LogP contribution in [0.5, 0.6) is 5.75 Å². The standard InChI is InChI=1S/C22H19ClN2O3.Li/c1-5-14-24-15(2)25-21(27)22(3,4)28-19-12-8-17(9-13-19)20(26)16-6-10-18(23)11-7-16;/h1-2,5-14H,3-4H3,(H,25,27);/q-2;+1/b24-14-;. The van der Waals surface area contributed by atoms with E-state index in [1.807, 2.05) is 0 Å². The molecule has 0 saturated heterocycles. The van der Waals surface area contributed by atoms with Crippen LogP contribution in [0, 0.1) is 13.2 Å². The number of hydrogen-bond donors (Lipinski definition) is 1. The van der Waals surface area contributed by atoms with Crippen LogP contribution in [0.25, 0.3) is 0 Å². The molecule has 2 rings (SSSR count). The topological polar surface area (TPSA) is 67.8 Å². The maximum atomic E-state index is 12.5. The minimum atomic E-state index is -1.23. The van der Waals surface area contributed by atoms with E-state index in [1.165, 1.54) is 12.3 Å². The quantitative estimate of drug-likeness (QED) is 0.313. The Hall–Kier alpha value is -2.58. The number of allylic oxidation sites excluding steroid dienone is 1. The number of carbonyl (C=O) groups excluding carboxylic acids is 2. The van der Waals surface area contributed by atoms with Crippen molar-refractivity contribution in [1.29, 1.82) is 0 Å². The monoisotopic (exact) mass is 401 g/mol. The van der Waals surface area contributed by atoms with Gasteiger partial charge >= 0.3 is 18.9 Å². The second-order valence-corrected chi connectivity index (χ2v) is 6.72. The molecule has 0 heterocycles. The zero-order valence-electron chi connectivity index (χ0n) is 16.5. The Kier molecular flexibility index (Phi) is 9.13. The van der Waals surface area contributed by atoms with Crippen molar-refractivity contribution in [2.24, 2.45) is 4.99 Å². The summed E-state index contributed by atoms with van der Waals surface area (Å²) in [4.78, 5) is 28.5. The molecule has 0 aliphatic rings. The first-order valence-electron chi connectivity index (χ1n) is 8.34. The summed E-state index contributed by atoms with van der Waals surface area (Å²) in [5, 5.41) is 2.98. The number of halogens is 1. The van der Waals surface area contributed by atoms with E-state index < -0.39 is 11.5 Å². The smallest absolute Gasteiger partial charge is 0.478 e. The molecule has 29 heavy (non-hydrogen) atoms. The van der Waals surface area contributed by atoms with Crippen LogP contribution in [0.2, 0.25) is 5.02 Å². The number of ether oxygens (including phenoxy) is 1. The van der Waals surface area contributed by atoms with Gasteiger partial charge in [0.25, 0.3) is 5.91 Å². The molecule has 2 aromatic carbocycles. The van der Waals surface area contributed by atoms with Crippen LogP contribution < -0.4 is 28.9 Å². The number of nitrogens with one attached hydrogen (secondary N) is 1. The van der Waals surface area contributed by atoms with Crippen molar-refractivity contribution in [1.82, 2.24) is 5.32 Å². The molecule has 5 nitrogen and oxygen atoms in total. The van der Waals surface area contributed by atoms with E-state index in [0.29, 0.717) is 21.9 Å². The van der Waals surface area contributed by atoms with E-state index in [2.05, 4.69) is 10.3 Å². The molecule has 0 aliphatic carbocycles. The molecule has 7 heteroatoms. The summed E-state index contributed by atoms with van der Waals surface area (Å²) < 4.78 is 5.73. The van der Waals surface area contributed by atoms with E-state index in [9.17, 15) is 9.59 Å². The molecule has 0 saturated carbocycles. The van der Waals surface area contributed by atoms with E-state index in [4.69, 9.17) is 29.5 Å². The number of nitrogens with zero attached hydrogens (tertiary/aromatic N) is 1. The Balaban J connectivity index is 0.00000420. The fourth-order valence-electron chi connectivity index (χ4n) is 2.21. The van der Waals surface area contributed by atoms with E-state index in [-0.39, 0.29) is 30.5 Å². The summed E-state index contributed by atoms with van der Waals surface area (Å²) >= 11 is 5.84. The van der Waals surface area contributed by atoms with Crippen LogP contribution in [0.3, 0.4) is 0 Å². The third-order valence-corrected chi connectivity index (χ3v) is 3.94. The first-order chi connectivity index (χ1) is 13.2. The Bertz CT molecular complexity index is 920. The molecular formula is C22H19ClLiN2O3-. The maximum Gasteiger partial charge on any atom is 1.00 e. The minimum absolute atomic E-state index is 0. The van der Waals surface area contributed by atoms with Gasteiger partial charge in [0.05, 0.1) is 0 Å². The number of benzene rings is 2. The molecule has 0 atom stereocenters. The largest absolute Gasteiger partial charge is 1.00 e. The van der Waals surface area contributed by atoms with E-state index >= 15 is 0 Å². The van der Waals surface area contributed by atoms with Crippen molar-refractivity contribution in [2.45, 2.75) is 19.4 Å². The number of carbonyl (C=O) groups is 2. The SMILES string of the molecule is [CH-]=C/C=N\C(=[CH-])NC(=O)C(C)(C)Oc1ccc(C(=O)c2ccc(Cl)cc2)cc1.[Li+]. The Morgan fingerprint density at radius 2 is 1.59 bits per heavy atom. The van der Waals surface area contributed by atoms with Crippen LogP contribution in [-0.2, 0) is 4.79 Å². The molecule has 2 aromatic rings. The van der Waals surface area contributed by atoms with Crippen LogP contribution in [-0.4, -0.2) is 23.5 Å². The molecule has 1 N–H and O–H groups in total. The second-order valence-electron chi connectivity index (χ2n) is 6.28. The fourth-order valence-corrected chi connectivity index (χ4v) is 2.33. The van der Waals surface area contributed by atoms with Gasteiger partial charge in [-0.3, -0.25) is 16.2 Å². The second kappa shape index (κ2) is 10.8. The van der Waals surface area contributed by atoms with Gasteiger partial charge in [-0.05, 0) is 62.4 Å².